The van der Waals surface area contributed by atoms with Gasteiger partial charge in [-0.15, -0.1) is 0 Å². The molecule has 0 fully saturated rings. The number of benzene rings is 6. The fourth-order valence-electron chi connectivity index (χ4n) is 7.22. The lowest BCUT2D eigenvalue weighted by Crippen LogP contribution is -2.22. The number of allylic oxidation sites excluding steroid dienone is 2. The summed E-state index contributed by atoms with van der Waals surface area (Å²) in [5.74, 6) is -1.54. The van der Waals surface area contributed by atoms with Gasteiger partial charge in [0.1, 0.15) is 11.5 Å². The molecule has 286 valence electrons. The normalized spacial score (nSPS) is 12.5. The van der Waals surface area contributed by atoms with Crippen molar-refractivity contribution in [1.29, 1.82) is 0 Å². The lowest BCUT2D eigenvalue weighted by Gasteiger charge is -2.24. The summed E-state index contributed by atoms with van der Waals surface area (Å²) >= 11 is 1.10. The summed E-state index contributed by atoms with van der Waals surface area (Å²) in [6, 6.07) is 53.1. The molecule has 2 heterocycles. The van der Waals surface area contributed by atoms with Crippen molar-refractivity contribution < 1.29 is 24.0 Å². The van der Waals surface area contributed by atoms with Crippen LogP contribution >= 0.6 is 11.8 Å². The lowest BCUT2D eigenvalue weighted by atomic mass is 9.92. The van der Waals surface area contributed by atoms with E-state index in [1.54, 1.807) is 137 Å². The molecule has 1 aliphatic heterocycles. The van der Waals surface area contributed by atoms with Gasteiger partial charge in [0.15, 0.2) is 23.1 Å². The van der Waals surface area contributed by atoms with Crippen LogP contribution < -0.4 is 4.90 Å². The molecule has 0 saturated heterocycles. The number of hydrogen-bond donors (Lipinski definition) is 0. The number of hydrogen-bond acceptors (Lipinski definition) is 7. The number of ketones is 5. The lowest BCUT2D eigenvalue weighted by molar-refractivity contribution is 0.0990. The SMILES string of the molecule is O=C(/C=C(/S/C=C(/c1ccccc1)N1CCn2c(C(=O)c3ccccc3)c(C(=O)c3ccccc3)c(C(=O)c3ccccc3)c21)C(=O)c1ccccc1)c1ccccc1. The second-order valence-electron chi connectivity index (χ2n) is 13.7. The number of fused-ring (bicyclic) bond motifs is 1. The van der Waals surface area contributed by atoms with Crippen molar-refractivity contribution in [3.8, 4) is 0 Å². The minimum absolute atomic E-state index is 0.0203. The molecule has 0 radical (unpaired) electrons. The van der Waals surface area contributed by atoms with E-state index in [4.69, 9.17) is 0 Å². The average Bonchev–Trinajstić information content (AvgIpc) is 3.88. The molecule has 8 rings (SSSR count). The first-order valence-electron chi connectivity index (χ1n) is 19.1. The Morgan fingerprint density at radius 2 is 0.847 bits per heavy atom. The third-order valence-corrected chi connectivity index (χ3v) is 11.0. The van der Waals surface area contributed by atoms with Crippen LogP contribution in [-0.2, 0) is 6.54 Å². The van der Waals surface area contributed by atoms with Gasteiger partial charge in [-0.3, -0.25) is 24.0 Å². The molecule has 7 nitrogen and oxygen atoms in total. The van der Waals surface area contributed by atoms with E-state index in [-0.39, 0.29) is 39.8 Å². The first kappa shape index (κ1) is 38.5. The van der Waals surface area contributed by atoms with E-state index >= 15 is 0 Å². The van der Waals surface area contributed by atoms with Crippen LogP contribution in [0.15, 0.2) is 198 Å². The standard InChI is InChI=1S/C51H36N2O5S/c54-42(36-21-9-2-10-22-36)33-43(47(55)37-23-11-3-12-24-37)59-34-41(35-19-7-1-8-20-35)52-31-32-53-46(50(58)40-29-17-6-18-30-40)44(48(56)38-25-13-4-14-26-38)45(51(52)53)49(57)39-27-15-5-16-28-39/h1-30,33-34H,31-32H2/b41-34-,43-33+. The maximum Gasteiger partial charge on any atom is 0.210 e. The Labute approximate surface area is 346 Å². The van der Waals surface area contributed by atoms with E-state index in [0.717, 1.165) is 17.3 Å². The van der Waals surface area contributed by atoms with Gasteiger partial charge in [-0.2, -0.15) is 0 Å². The smallest absolute Gasteiger partial charge is 0.210 e. The van der Waals surface area contributed by atoms with Crippen molar-refractivity contribution >= 4 is 52.2 Å². The number of rotatable bonds is 14. The molecule has 0 N–H and O–H groups in total. The van der Waals surface area contributed by atoms with Crippen LogP contribution in [0.1, 0.15) is 74.2 Å². The van der Waals surface area contributed by atoms with Crippen molar-refractivity contribution in [3.05, 3.63) is 249 Å². The van der Waals surface area contributed by atoms with Gasteiger partial charge in [0, 0.05) is 52.4 Å². The summed E-state index contributed by atoms with van der Waals surface area (Å²) in [6.07, 6.45) is 1.36. The van der Waals surface area contributed by atoms with Gasteiger partial charge in [0.25, 0.3) is 0 Å². The van der Waals surface area contributed by atoms with E-state index in [2.05, 4.69) is 0 Å². The van der Waals surface area contributed by atoms with E-state index in [1.165, 1.54) is 6.08 Å². The van der Waals surface area contributed by atoms with Gasteiger partial charge in [0.05, 0.1) is 21.7 Å². The number of Topliss-reactive ketones (excluding diaryl/α,β-unsaturated/α-hetero) is 1. The van der Waals surface area contributed by atoms with Crippen LogP contribution in [0.4, 0.5) is 5.82 Å². The maximum atomic E-state index is 15.0. The zero-order valence-electron chi connectivity index (χ0n) is 31.7. The molecule has 1 aliphatic rings. The Bertz CT molecular complexity index is 2750. The summed E-state index contributed by atoms with van der Waals surface area (Å²) in [7, 11) is 0. The number of carbonyl (C=O) groups is 5. The Kier molecular flexibility index (Phi) is 11.3. The highest BCUT2D eigenvalue weighted by molar-refractivity contribution is 8.06. The zero-order chi connectivity index (χ0) is 40.7. The molecule has 0 amide bonds. The minimum Gasteiger partial charge on any atom is -0.324 e. The van der Waals surface area contributed by atoms with Crippen LogP contribution in [0.3, 0.4) is 0 Å². The van der Waals surface area contributed by atoms with Crippen molar-refractivity contribution in [2.24, 2.45) is 0 Å². The fraction of sp³-hybridized carbons (Fsp3) is 0.0392. The third-order valence-electron chi connectivity index (χ3n) is 10.1. The maximum absolute atomic E-state index is 15.0. The fourth-order valence-corrected chi connectivity index (χ4v) is 8.12. The molecule has 0 aliphatic carbocycles. The second kappa shape index (κ2) is 17.4. The quantitative estimate of drug-likeness (QED) is 0.0800. The molecule has 8 heteroatoms. The number of anilines is 1. The molecule has 0 bridgehead atoms. The van der Waals surface area contributed by atoms with Crippen LogP contribution in [0, 0.1) is 0 Å². The molecule has 7 aromatic rings. The molecular weight excluding hydrogens is 753 g/mol. The van der Waals surface area contributed by atoms with Crippen molar-refractivity contribution in [3.63, 3.8) is 0 Å². The molecule has 1 aromatic heterocycles. The van der Waals surface area contributed by atoms with Crippen LogP contribution in [0.25, 0.3) is 5.70 Å². The second-order valence-corrected chi connectivity index (χ2v) is 14.6. The summed E-state index contributed by atoms with van der Waals surface area (Å²) in [5, 5.41) is 1.80. The van der Waals surface area contributed by atoms with Crippen molar-refractivity contribution in [1.82, 2.24) is 4.57 Å². The van der Waals surface area contributed by atoms with Gasteiger partial charge >= 0.3 is 0 Å². The Morgan fingerprint density at radius 3 is 1.34 bits per heavy atom. The Hall–Kier alpha value is -7.42. The van der Waals surface area contributed by atoms with Gasteiger partial charge < -0.3 is 9.47 Å². The molecule has 0 saturated carbocycles. The van der Waals surface area contributed by atoms with Crippen LogP contribution in [-0.4, -0.2) is 40.0 Å². The highest BCUT2D eigenvalue weighted by Crippen LogP contribution is 2.43. The summed E-state index contributed by atoms with van der Waals surface area (Å²) in [5.41, 5.74) is 3.51. The molecule has 0 atom stereocenters. The minimum atomic E-state index is -0.455. The average molecular weight is 789 g/mol. The zero-order valence-corrected chi connectivity index (χ0v) is 32.5. The van der Waals surface area contributed by atoms with Gasteiger partial charge in [-0.25, -0.2) is 0 Å². The number of carbonyl (C=O) groups excluding carboxylic acids is 5. The monoisotopic (exact) mass is 788 g/mol. The van der Waals surface area contributed by atoms with E-state index in [9.17, 15) is 24.0 Å². The number of nitrogens with zero attached hydrogens (tertiary/aromatic N) is 2. The van der Waals surface area contributed by atoms with Gasteiger partial charge in [-0.1, -0.05) is 194 Å². The first-order chi connectivity index (χ1) is 28.9. The van der Waals surface area contributed by atoms with Gasteiger partial charge in [0.2, 0.25) is 5.78 Å². The highest BCUT2D eigenvalue weighted by Gasteiger charge is 2.40. The van der Waals surface area contributed by atoms with Crippen molar-refractivity contribution in [2.75, 3.05) is 11.4 Å². The molecule has 0 unspecified atom stereocenters. The molecular formula is C51H36N2O5S. The van der Waals surface area contributed by atoms with Crippen LogP contribution in [0.5, 0.6) is 0 Å². The van der Waals surface area contributed by atoms with Crippen LogP contribution in [0.2, 0.25) is 0 Å². The molecule has 0 spiro atoms. The van der Waals surface area contributed by atoms with Crippen molar-refractivity contribution in [2.45, 2.75) is 6.54 Å². The topological polar surface area (TPSA) is 93.5 Å². The Morgan fingerprint density at radius 1 is 0.441 bits per heavy atom. The largest absolute Gasteiger partial charge is 0.324 e. The number of thioether (sulfide) groups is 1. The predicted molar refractivity (Wildman–Crippen MR) is 233 cm³/mol. The summed E-state index contributed by atoms with van der Waals surface area (Å²) < 4.78 is 1.79. The third kappa shape index (κ3) is 7.94. The number of aromatic nitrogens is 1. The first-order valence-corrected chi connectivity index (χ1v) is 19.9. The predicted octanol–water partition coefficient (Wildman–Crippen LogP) is 10.4. The van der Waals surface area contributed by atoms with E-state index in [1.807, 2.05) is 59.5 Å². The molecule has 59 heavy (non-hydrogen) atoms. The van der Waals surface area contributed by atoms with E-state index in [0.29, 0.717) is 45.9 Å². The summed E-state index contributed by atoms with van der Waals surface area (Å²) in [6.45, 7) is 0.600. The highest BCUT2D eigenvalue weighted by atomic mass is 32.2. The molecule has 6 aromatic carbocycles. The summed E-state index contributed by atoms with van der Waals surface area (Å²) in [4.78, 5) is 74.4. The Balaban J connectivity index is 1.35. The van der Waals surface area contributed by atoms with E-state index < -0.39 is 17.3 Å². The van der Waals surface area contributed by atoms with Gasteiger partial charge in [-0.05, 0) is 5.56 Å².